The zero-order valence-corrected chi connectivity index (χ0v) is 13.7. The Morgan fingerprint density at radius 2 is 1.68 bits per heavy atom. The summed E-state index contributed by atoms with van der Waals surface area (Å²) in [4.78, 5) is 37.1. The highest BCUT2D eigenvalue weighted by Crippen LogP contribution is 2.21. The molecule has 0 spiro atoms. The predicted octanol–water partition coefficient (Wildman–Crippen LogP) is 2.21. The first-order valence-corrected chi connectivity index (χ1v) is 7.86. The van der Waals surface area contributed by atoms with Gasteiger partial charge in [-0.15, -0.1) is 0 Å². The van der Waals surface area contributed by atoms with Gasteiger partial charge in [0, 0.05) is 0 Å². The third kappa shape index (κ3) is 3.68. The maximum atomic E-state index is 12.2. The highest BCUT2D eigenvalue weighted by molar-refractivity contribution is 6.21. The lowest BCUT2D eigenvalue weighted by Gasteiger charge is -2.14. The summed E-state index contributed by atoms with van der Waals surface area (Å²) in [6.45, 7) is 1.64. The molecule has 6 nitrogen and oxygen atoms in total. The van der Waals surface area contributed by atoms with Crippen LogP contribution in [0.3, 0.4) is 0 Å². The number of imide groups is 1. The molecule has 1 aliphatic heterocycles. The first-order chi connectivity index (χ1) is 12.1. The first kappa shape index (κ1) is 16.7. The van der Waals surface area contributed by atoms with Crippen molar-refractivity contribution in [2.24, 2.45) is 0 Å². The van der Waals surface area contributed by atoms with E-state index in [-0.39, 0.29) is 31.6 Å². The summed E-state index contributed by atoms with van der Waals surface area (Å²) in [5.41, 5.74) is 1.78. The number of rotatable bonds is 6. The topological polar surface area (TPSA) is 72.9 Å². The van der Waals surface area contributed by atoms with Crippen LogP contribution in [0.5, 0.6) is 5.75 Å². The Morgan fingerprint density at radius 3 is 2.32 bits per heavy atom. The van der Waals surface area contributed by atoms with Crippen LogP contribution < -0.4 is 4.74 Å². The minimum Gasteiger partial charge on any atom is -0.482 e. The fourth-order valence-electron chi connectivity index (χ4n) is 2.58. The summed E-state index contributed by atoms with van der Waals surface area (Å²) >= 11 is 0. The van der Waals surface area contributed by atoms with E-state index in [2.05, 4.69) is 0 Å². The third-order valence-electron chi connectivity index (χ3n) is 3.80. The quantitative estimate of drug-likeness (QED) is 0.596. The molecule has 6 heteroatoms. The number of nitrogens with zero attached hydrogens (tertiary/aromatic N) is 1. The SMILES string of the molecule is Cc1cccc(OCC(=O)OCCN2C(=O)c3ccccc3C2=O)c1. The van der Waals surface area contributed by atoms with Crippen molar-refractivity contribution in [3.05, 3.63) is 65.2 Å². The van der Waals surface area contributed by atoms with Crippen LogP contribution in [0.1, 0.15) is 26.3 Å². The number of hydrogen-bond donors (Lipinski definition) is 0. The molecule has 0 aliphatic carbocycles. The molecule has 3 rings (SSSR count). The zero-order valence-electron chi connectivity index (χ0n) is 13.7. The smallest absolute Gasteiger partial charge is 0.344 e. The van der Waals surface area contributed by atoms with Gasteiger partial charge in [0.25, 0.3) is 11.8 Å². The molecule has 1 heterocycles. The number of ether oxygens (including phenoxy) is 2. The van der Waals surface area contributed by atoms with Gasteiger partial charge in [0.2, 0.25) is 0 Å². The van der Waals surface area contributed by atoms with Crippen molar-refractivity contribution < 1.29 is 23.9 Å². The molecule has 0 unspecified atom stereocenters. The molecule has 0 N–H and O–H groups in total. The van der Waals surface area contributed by atoms with E-state index in [1.54, 1.807) is 30.3 Å². The molecule has 0 bridgehead atoms. The van der Waals surface area contributed by atoms with E-state index in [0.29, 0.717) is 16.9 Å². The molecule has 1 aliphatic rings. The van der Waals surface area contributed by atoms with Crippen LogP contribution in [0.25, 0.3) is 0 Å². The van der Waals surface area contributed by atoms with Gasteiger partial charge in [-0.2, -0.15) is 0 Å². The average molecular weight is 339 g/mol. The fourth-order valence-corrected chi connectivity index (χ4v) is 2.58. The van der Waals surface area contributed by atoms with Crippen LogP contribution >= 0.6 is 0 Å². The third-order valence-corrected chi connectivity index (χ3v) is 3.80. The van der Waals surface area contributed by atoms with E-state index in [1.165, 1.54) is 0 Å². The first-order valence-electron chi connectivity index (χ1n) is 7.86. The molecule has 2 aromatic carbocycles. The van der Waals surface area contributed by atoms with Crippen molar-refractivity contribution in [3.8, 4) is 5.75 Å². The summed E-state index contributed by atoms with van der Waals surface area (Å²) < 4.78 is 10.4. The molecule has 128 valence electrons. The Morgan fingerprint density at radius 1 is 1.00 bits per heavy atom. The number of amides is 2. The van der Waals surface area contributed by atoms with Crippen molar-refractivity contribution in [1.29, 1.82) is 0 Å². The van der Waals surface area contributed by atoms with E-state index in [4.69, 9.17) is 9.47 Å². The number of carbonyl (C=O) groups excluding carboxylic acids is 3. The monoisotopic (exact) mass is 339 g/mol. The van der Waals surface area contributed by atoms with Gasteiger partial charge in [-0.05, 0) is 36.8 Å². The van der Waals surface area contributed by atoms with Crippen molar-refractivity contribution in [2.75, 3.05) is 19.8 Å². The van der Waals surface area contributed by atoms with Gasteiger partial charge in [-0.1, -0.05) is 24.3 Å². The number of fused-ring (bicyclic) bond motifs is 1. The second-order valence-electron chi connectivity index (χ2n) is 5.63. The normalized spacial score (nSPS) is 12.9. The van der Waals surface area contributed by atoms with Crippen molar-refractivity contribution in [1.82, 2.24) is 4.90 Å². The van der Waals surface area contributed by atoms with Crippen molar-refractivity contribution >= 4 is 17.8 Å². The zero-order chi connectivity index (χ0) is 17.8. The molecule has 0 saturated heterocycles. The lowest BCUT2D eigenvalue weighted by Crippen LogP contribution is -2.33. The predicted molar refractivity (Wildman–Crippen MR) is 89.4 cm³/mol. The molecule has 2 aromatic rings. The minimum absolute atomic E-state index is 0.0164. The Labute approximate surface area is 145 Å². The molecule has 25 heavy (non-hydrogen) atoms. The standard InChI is InChI=1S/C19H17NO5/c1-13-5-4-6-14(11-13)25-12-17(21)24-10-9-20-18(22)15-7-2-3-8-16(15)19(20)23/h2-8,11H,9-10,12H2,1H3. The second-order valence-corrected chi connectivity index (χ2v) is 5.63. The summed E-state index contributed by atoms with van der Waals surface area (Å²) in [5.74, 6) is -0.712. The van der Waals surface area contributed by atoms with E-state index in [9.17, 15) is 14.4 Å². The van der Waals surface area contributed by atoms with Crippen LogP contribution in [0.15, 0.2) is 48.5 Å². The van der Waals surface area contributed by atoms with Crippen LogP contribution in [-0.4, -0.2) is 42.4 Å². The molecular weight excluding hydrogens is 322 g/mol. The van der Waals surface area contributed by atoms with E-state index in [0.717, 1.165) is 10.5 Å². The lowest BCUT2D eigenvalue weighted by atomic mass is 10.1. The van der Waals surface area contributed by atoms with Gasteiger partial charge in [0.05, 0.1) is 17.7 Å². The van der Waals surface area contributed by atoms with Crippen LogP contribution in [-0.2, 0) is 9.53 Å². The van der Waals surface area contributed by atoms with E-state index >= 15 is 0 Å². The number of esters is 1. The summed E-state index contributed by atoms with van der Waals surface area (Å²) in [6, 6.07) is 13.9. The minimum atomic E-state index is -0.557. The maximum absolute atomic E-state index is 12.2. The largest absolute Gasteiger partial charge is 0.482 e. The molecule has 0 radical (unpaired) electrons. The Kier molecular flexibility index (Phi) is 4.79. The lowest BCUT2D eigenvalue weighted by molar-refractivity contribution is -0.146. The van der Waals surface area contributed by atoms with E-state index in [1.807, 2.05) is 25.1 Å². The van der Waals surface area contributed by atoms with Crippen molar-refractivity contribution in [2.45, 2.75) is 6.92 Å². The number of hydrogen-bond acceptors (Lipinski definition) is 5. The van der Waals surface area contributed by atoms with Crippen LogP contribution in [0.4, 0.5) is 0 Å². The summed E-state index contributed by atoms with van der Waals surface area (Å²) in [6.07, 6.45) is 0. The number of aryl methyl sites for hydroxylation is 1. The average Bonchev–Trinajstić information content (AvgIpc) is 2.85. The van der Waals surface area contributed by atoms with Gasteiger partial charge < -0.3 is 9.47 Å². The molecule has 0 saturated carbocycles. The number of benzene rings is 2. The number of carbonyl (C=O) groups is 3. The van der Waals surface area contributed by atoms with E-state index < -0.39 is 5.97 Å². The van der Waals surface area contributed by atoms with Gasteiger partial charge >= 0.3 is 5.97 Å². The van der Waals surface area contributed by atoms with Gasteiger partial charge in [-0.25, -0.2) is 4.79 Å². The molecule has 0 fully saturated rings. The molecule has 2 amide bonds. The molecule has 0 atom stereocenters. The summed E-state index contributed by atoms with van der Waals surface area (Å²) in [5, 5.41) is 0. The Balaban J connectivity index is 1.46. The van der Waals surface area contributed by atoms with Crippen LogP contribution in [0.2, 0.25) is 0 Å². The highest BCUT2D eigenvalue weighted by Gasteiger charge is 2.34. The highest BCUT2D eigenvalue weighted by atomic mass is 16.6. The molecule has 0 aromatic heterocycles. The maximum Gasteiger partial charge on any atom is 0.344 e. The summed E-state index contributed by atoms with van der Waals surface area (Å²) in [7, 11) is 0. The second kappa shape index (κ2) is 7.17. The van der Waals surface area contributed by atoms with Crippen LogP contribution in [0, 0.1) is 6.92 Å². The fraction of sp³-hybridized carbons (Fsp3) is 0.211. The Bertz CT molecular complexity index is 795. The molecular formula is C19H17NO5. The Hall–Kier alpha value is -3.15. The van der Waals surface area contributed by atoms with Gasteiger partial charge in [0.1, 0.15) is 12.4 Å². The van der Waals surface area contributed by atoms with Crippen molar-refractivity contribution in [3.63, 3.8) is 0 Å². The van der Waals surface area contributed by atoms with Gasteiger partial charge in [-0.3, -0.25) is 14.5 Å². The van der Waals surface area contributed by atoms with Gasteiger partial charge in [0.15, 0.2) is 6.61 Å².